The molecule has 1 amide bonds. The first-order valence-corrected chi connectivity index (χ1v) is 11.6. The minimum Gasteiger partial charge on any atom is -0.322 e. The third-order valence-electron chi connectivity index (χ3n) is 5.68. The van der Waals surface area contributed by atoms with Crippen LogP contribution in [0, 0.1) is 0 Å². The van der Waals surface area contributed by atoms with Gasteiger partial charge in [0.25, 0.3) is 5.91 Å². The van der Waals surface area contributed by atoms with Crippen molar-refractivity contribution >= 4 is 32.5 Å². The highest BCUT2D eigenvalue weighted by atomic mass is 32.2. The van der Waals surface area contributed by atoms with E-state index in [9.17, 15) is 13.2 Å². The van der Waals surface area contributed by atoms with Crippen LogP contribution in [0.4, 0.5) is 5.69 Å². The van der Waals surface area contributed by atoms with Gasteiger partial charge in [-0.3, -0.25) is 9.78 Å². The molecule has 7 heteroatoms. The fraction of sp³-hybridized carbons (Fsp3) is 0.304. The van der Waals surface area contributed by atoms with Crippen molar-refractivity contribution in [1.29, 1.82) is 0 Å². The Morgan fingerprint density at radius 2 is 1.67 bits per heavy atom. The van der Waals surface area contributed by atoms with Gasteiger partial charge in [-0.2, -0.15) is 4.31 Å². The lowest BCUT2D eigenvalue weighted by Crippen LogP contribution is -2.47. The first-order chi connectivity index (χ1) is 14.4. The standard InChI is InChI=1S/C23H25N3O3S/c1-16-6-3-7-17(2)26(16)30(28,29)20-13-11-19(12-14-20)25-23(27)21-10-4-8-18-9-5-15-24-22(18)21/h4-5,8-17H,3,6-7H2,1-2H3,(H,25,27)/t16-,17+. The summed E-state index contributed by atoms with van der Waals surface area (Å²) in [7, 11) is -3.58. The molecule has 2 atom stereocenters. The number of pyridine rings is 1. The molecule has 1 aliphatic rings. The average molecular weight is 424 g/mol. The van der Waals surface area contributed by atoms with Crippen LogP contribution in [0.3, 0.4) is 0 Å². The number of carbonyl (C=O) groups is 1. The zero-order valence-electron chi connectivity index (χ0n) is 17.1. The largest absolute Gasteiger partial charge is 0.322 e. The second-order valence-corrected chi connectivity index (χ2v) is 9.67. The summed E-state index contributed by atoms with van der Waals surface area (Å²) in [5.41, 5.74) is 1.64. The van der Waals surface area contributed by atoms with E-state index in [0.717, 1.165) is 24.6 Å². The SMILES string of the molecule is C[C@@H]1CCC[C@H](C)N1S(=O)(=O)c1ccc(NC(=O)c2cccc3cccnc23)cc1. The molecular formula is C23H25N3O3S. The Hall–Kier alpha value is -2.77. The summed E-state index contributed by atoms with van der Waals surface area (Å²) < 4.78 is 27.9. The van der Waals surface area contributed by atoms with Crippen molar-refractivity contribution in [3.63, 3.8) is 0 Å². The quantitative estimate of drug-likeness (QED) is 0.673. The number of amides is 1. The summed E-state index contributed by atoms with van der Waals surface area (Å²) in [5, 5.41) is 3.72. The monoisotopic (exact) mass is 423 g/mol. The molecule has 0 spiro atoms. The minimum atomic E-state index is -3.58. The molecule has 156 valence electrons. The summed E-state index contributed by atoms with van der Waals surface area (Å²) >= 11 is 0. The van der Waals surface area contributed by atoms with Crippen LogP contribution < -0.4 is 5.32 Å². The molecule has 0 saturated carbocycles. The molecule has 0 radical (unpaired) electrons. The molecule has 0 aliphatic carbocycles. The van der Waals surface area contributed by atoms with Crippen LogP contribution in [0.15, 0.2) is 65.7 Å². The molecule has 2 aromatic carbocycles. The first kappa shape index (κ1) is 20.5. The van der Waals surface area contributed by atoms with Gasteiger partial charge in [0.15, 0.2) is 0 Å². The van der Waals surface area contributed by atoms with Crippen LogP contribution in [0.5, 0.6) is 0 Å². The predicted octanol–water partition coefficient (Wildman–Crippen LogP) is 4.44. The summed E-state index contributed by atoms with van der Waals surface area (Å²) in [6, 6.07) is 15.5. The molecule has 4 rings (SSSR count). The Morgan fingerprint density at radius 3 is 2.37 bits per heavy atom. The number of rotatable bonds is 4. The molecule has 6 nitrogen and oxygen atoms in total. The van der Waals surface area contributed by atoms with Gasteiger partial charge in [-0.05, 0) is 63.1 Å². The zero-order valence-corrected chi connectivity index (χ0v) is 17.9. The highest BCUT2D eigenvalue weighted by Crippen LogP contribution is 2.30. The topological polar surface area (TPSA) is 79.4 Å². The molecule has 1 saturated heterocycles. The lowest BCUT2D eigenvalue weighted by Gasteiger charge is -2.37. The summed E-state index contributed by atoms with van der Waals surface area (Å²) in [6.45, 7) is 3.92. The van der Waals surface area contributed by atoms with E-state index in [1.807, 2.05) is 38.1 Å². The average Bonchev–Trinajstić information content (AvgIpc) is 2.73. The third kappa shape index (κ3) is 3.82. The van der Waals surface area contributed by atoms with Gasteiger partial charge in [0.05, 0.1) is 16.0 Å². The number of anilines is 1. The molecule has 0 bridgehead atoms. The maximum absolute atomic E-state index is 13.1. The number of fused-ring (bicyclic) bond motifs is 1. The number of para-hydroxylation sites is 1. The second-order valence-electron chi connectivity index (χ2n) is 7.82. The first-order valence-electron chi connectivity index (χ1n) is 10.2. The van der Waals surface area contributed by atoms with E-state index < -0.39 is 10.0 Å². The number of aromatic nitrogens is 1. The van der Waals surface area contributed by atoms with Gasteiger partial charge in [0.2, 0.25) is 10.0 Å². The Morgan fingerprint density at radius 1 is 1.00 bits per heavy atom. The lowest BCUT2D eigenvalue weighted by atomic mass is 10.0. The van der Waals surface area contributed by atoms with E-state index in [4.69, 9.17) is 0 Å². The van der Waals surface area contributed by atoms with E-state index in [0.29, 0.717) is 16.8 Å². The summed E-state index contributed by atoms with van der Waals surface area (Å²) in [5.74, 6) is -0.284. The summed E-state index contributed by atoms with van der Waals surface area (Å²) in [4.78, 5) is 17.3. The molecule has 1 fully saturated rings. The number of hydrogen-bond acceptors (Lipinski definition) is 4. The fourth-order valence-corrected chi connectivity index (χ4v) is 6.07. The highest BCUT2D eigenvalue weighted by Gasteiger charge is 2.35. The highest BCUT2D eigenvalue weighted by molar-refractivity contribution is 7.89. The smallest absolute Gasteiger partial charge is 0.257 e. The van der Waals surface area contributed by atoms with Crippen LogP contribution >= 0.6 is 0 Å². The maximum atomic E-state index is 13.1. The van der Waals surface area contributed by atoms with E-state index in [2.05, 4.69) is 10.3 Å². The number of carbonyl (C=O) groups excluding carboxylic acids is 1. The Balaban J connectivity index is 1.56. The van der Waals surface area contributed by atoms with E-state index >= 15 is 0 Å². The lowest BCUT2D eigenvalue weighted by molar-refractivity contribution is 0.102. The van der Waals surface area contributed by atoms with Gasteiger partial charge in [-0.1, -0.05) is 24.6 Å². The maximum Gasteiger partial charge on any atom is 0.257 e. The number of nitrogens with zero attached hydrogens (tertiary/aromatic N) is 2. The van der Waals surface area contributed by atoms with Crippen molar-refractivity contribution in [2.45, 2.75) is 50.1 Å². The Labute approximate surface area is 177 Å². The van der Waals surface area contributed by atoms with Gasteiger partial charge in [0.1, 0.15) is 0 Å². The van der Waals surface area contributed by atoms with Crippen LogP contribution in [0.1, 0.15) is 43.5 Å². The minimum absolute atomic E-state index is 0.0167. The van der Waals surface area contributed by atoms with Crippen LogP contribution in [0.25, 0.3) is 10.9 Å². The number of nitrogens with one attached hydrogen (secondary N) is 1. The van der Waals surface area contributed by atoms with Gasteiger partial charge >= 0.3 is 0 Å². The molecule has 30 heavy (non-hydrogen) atoms. The predicted molar refractivity (Wildman–Crippen MR) is 118 cm³/mol. The van der Waals surface area contributed by atoms with Crippen molar-refractivity contribution in [3.8, 4) is 0 Å². The summed E-state index contributed by atoms with van der Waals surface area (Å²) in [6.07, 6.45) is 4.44. The molecular weight excluding hydrogens is 398 g/mol. The van der Waals surface area contributed by atoms with Gasteiger partial charge in [0, 0.05) is 29.4 Å². The molecule has 1 N–H and O–H groups in total. The number of hydrogen-bond donors (Lipinski definition) is 1. The van der Waals surface area contributed by atoms with Crippen LogP contribution in [-0.2, 0) is 10.0 Å². The Kier molecular flexibility index (Phi) is 5.58. The molecule has 1 aromatic heterocycles. The normalized spacial score (nSPS) is 20.2. The molecule has 3 aromatic rings. The third-order valence-corrected chi connectivity index (χ3v) is 7.82. The second kappa shape index (κ2) is 8.16. The van der Waals surface area contributed by atoms with Crippen molar-refractivity contribution in [1.82, 2.24) is 9.29 Å². The van der Waals surface area contributed by atoms with E-state index in [1.54, 1.807) is 40.8 Å². The van der Waals surface area contributed by atoms with Gasteiger partial charge in [-0.25, -0.2) is 8.42 Å². The van der Waals surface area contributed by atoms with Crippen LogP contribution in [-0.4, -0.2) is 35.7 Å². The molecule has 1 aliphatic heterocycles. The number of sulfonamides is 1. The van der Waals surface area contributed by atoms with Crippen LogP contribution in [0.2, 0.25) is 0 Å². The number of piperidine rings is 1. The van der Waals surface area contributed by atoms with E-state index in [1.165, 1.54) is 0 Å². The molecule has 2 heterocycles. The van der Waals surface area contributed by atoms with Crippen molar-refractivity contribution in [2.24, 2.45) is 0 Å². The zero-order chi connectivity index (χ0) is 21.3. The number of benzene rings is 2. The Bertz CT molecular complexity index is 1160. The van der Waals surface area contributed by atoms with Gasteiger partial charge < -0.3 is 5.32 Å². The van der Waals surface area contributed by atoms with Crippen molar-refractivity contribution < 1.29 is 13.2 Å². The molecule has 0 unspecified atom stereocenters. The van der Waals surface area contributed by atoms with Gasteiger partial charge in [-0.15, -0.1) is 0 Å². The van der Waals surface area contributed by atoms with Crippen molar-refractivity contribution in [2.75, 3.05) is 5.32 Å². The van der Waals surface area contributed by atoms with E-state index in [-0.39, 0.29) is 22.9 Å². The fourth-order valence-electron chi connectivity index (χ4n) is 4.19. The van der Waals surface area contributed by atoms with Crippen molar-refractivity contribution in [3.05, 3.63) is 66.4 Å².